The van der Waals surface area contributed by atoms with Gasteiger partial charge in [-0.1, -0.05) is 36.0 Å². The van der Waals surface area contributed by atoms with Crippen molar-refractivity contribution in [2.75, 3.05) is 20.2 Å². The Morgan fingerprint density at radius 3 is 2.50 bits per heavy atom. The maximum Gasteiger partial charge on any atom is 0.305 e. The average molecular weight is 519 g/mol. The number of guanidine groups is 1. The van der Waals surface area contributed by atoms with Gasteiger partial charge in [0.05, 0.1) is 18.2 Å². The number of carbonyl (C=O) groups excluding carboxylic acids is 1. The van der Waals surface area contributed by atoms with Crippen molar-refractivity contribution in [1.29, 1.82) is 0 Å². The molecule has 0 saturated heterocycles. The van der Waals surface area contributed by atoms with Crippen molar-refractivity contribution < 1.29 is 9.53 Å². The van der Waals surface area contributed by atoms with Crippen LogP contribution in [0.1, 0.15) is 44.7 Å². The van der Waals surface area contributed by atoms with Crippen molar-refractivity contribution in [3.8, 4) is 0 Å². The highest BCUT2D eigenvalue weighted by atomic mass is 127. The van der Waals surface area contributed by atoms with Crippen LogP contribution in [-0.2, 0) is 23.1 Å². The smallest absolute Gasteiger partial charge is 0.305 e. The zero-order valence-corrected chi connectivity index (χ0v) is 19.5. The third-order valence-corrected chi connectivity index (χ3v) is 4.62. The molecular weight excluding hydrogens is 490 g/mol. The average Bonchev–Trinajstić information content (AvgIpc) is 2.84. The van der Waals surface area contributed by atoms with E-state index in [1.54, 1.807) is 7.05 Å². The number of rotatable bonds is 10. The number of ether oxygens (including phenoxy) is 1. The van der Waals surface area contributed by atoms with Crippen LogP contribution in [-0.4, -0.2) is 36.7 Å². The van der Waals surface area contributed by atoms with Crippen LogP contribution >= 0.6 is 47.2 Å². The van der Waals surface area contributed by atoms with Gasteiger partial charge < -0.3 is 19.9 Å². The molecule has 0 atom stereocenters. The third kappa shape index (κ3) is 9.32. The lowest BCUT2D eigenvalue weighted by Gasteiger charge is -2.12. The van der Waals surface area contributed by atoms with Crippen molar-refractivity contribution in [1.82, 2.24) is 15.2 Å². The summed E-state index contributed by atoms with van der Waals surface area (Å²) in [5, 5.41) is 7.59. The molecule has 150 valence electrons. The number of aliphatic imine (C=N–C) groups is 1. The first kappa shape index (κ1) is 25.3. The second kappa shape index (κ2) is 14.4. The van der Waals surface area contributed by atoms with Gasteiger partial charge in [0.2, 0.25) is 0 Å². The first-order valence-electron chi connectivity index (χ1n) is 8.59. The highest BCUT2D eigenvalue weighted by Gasteiger charge is 2.09. The molecule has 1 aromatic heterocycles. The second-order valence-corrected chi connectivity index (χ2v) is 6.42. The van der Waals surface area contributed by atoms with Crippen molar-refractivity contribution in [2.45, 2.75) is 45.6 Å². The third-order valence-electron chi connectivity index (χ3n) is 3.78. The Morgan fingerprint density at radius 2 is 1.92 bits per heavy atom. The lowest BCUT2D eigenvalue weighted by molar-refractivity contribution is -0.143. The van der Waals surface area contributed by atoms with Gasteiger partial charge in [-0.3, -0.25) is 9.79 Å². The van der Waals surface area contributed by atoms with E-state index in [0.29, 0.717) is 29.7 Å². The molecule has 0 aliphatic rings. The van der Waals surface area contributed by atoms with Crippen LogP contribution in [0.4, 0.5) is 0 Å². The molecule has 0 amide bonds. The number of nitrogens with zero attached hydrogens (tertiary/aromatic N) is 2. The minimum Gasteiger partial charge on any atom is -0.466 e. The minimum atomic E-state index is -0.105. The Morgan fingerprint density at radius 1 is 1.23 bits per heavy atom. The molecular formula is C17H29Cl2IN4O2. The highest BCUT2D eigenvalue weighted by Crippen LogP contribution is 2.24. The van der Waals surface area contributed by atoms with Gasteiger partial charge in [-0.05, 0) is 25.8 Å². The van der Waals surface area contributed by atoms with Crippen molar-refractivity contribution in [3.05, 3.63) is 21.9 Å². The van der Waals surface area contributed by atoms with Crippen LogP contribution in [0.3, 0.4) is 0 Å². The fourth-order valence-electron chi connectivity index (χ4n) is 2.34. The number of halogens is 3. The number of esters is 1. The van der Waals surface area contributed by atoms with Gasteiger partial charge in [-0.15, -0.1) is 24.0 Å². The van der Waals surface area contributed by atoms with E-state index >= 15 is 0 Å². The molecule has 0 unspecified atom stereocenters. The van der Waals surface area contributed by atoms with Gasteiger partial charge in [-0.25, -0.2) is 0 Å². The van der Waals surface area contributed by atoms with E-state index in [2.05, 4.69) is 15.6 Å². The molecule has 0 aliphatic heterocycles. The van der Waals surface area contributed by atoms with Crippen molar-refractivity contribution in [2.24, 2.45) is 12.0 Å². The number of hydrogen-bond donors (Lipinski definition) is 2. The second-order valence-electron chi connectivity index (χ2n) is 5.66. The summed E-state index contributed by atoms with van der Waals surface area (Å²) in [6.07, 6.45) is 4.48. The number of aromatic nitrogens is 1. The maximum absolute atomic E-state index is 11.2. The minimum absolute atomic E-state index is 0. The van der Waals surface area contributed by atoms with Crippen LogP contribution in [0, 0.1) is 0 Å². The number of unbranched alkanes of at least 4 members (excludes halogenated alkanes) is 3. The van der Waals surface area contributed by atoms with Gasteiger partial charge in [0.1, 0.15) is 5.15 Å². The van der Waals surface area contributed by atoms with Crippen LogP contribution in [0.2, 0.25) is 10.2 Å². The van der Waals surface area contributed by atoms with Gasteiger partial charge in [0, 0.05) is 32.8 Å². The summed E-state index contributed by atoms with van der Waals surface area (Å²) in [6, 6.07) is 1.84. The molecule has 0 aromatic carbocycles. The molecule has 6 nitrogen and oxygen atoms in total. The monoisotopic (exact) mass is 518 g/mol. The number of hydrogen-bond acceptors (Lipinski definition) is 3. The van der Waals surface area contributed by atoms with Crippen LogP contribution < -0.4 is 10.6 Å². The van der Waals surface area contributed by atoms with Gasteiger partial charge in [0.15, 0.2) is 5.96 Å². The molecule has 0 fully saturated rings. The largest absolute Gasteiger partial charge is 0.466 e. The van der Waals surface area contributed by atoms with Crippen LogP contribution in [0.25, 0.3) is 0 Å². The molecule has 0 aliphatic carbocycles. The molecule has 1 aromatic rings. The van der Waals surface area contributed by atoms with E-state index in [9.17, 15) is 4.79 Å². The summed E-state index contributed by atoms with van der Waals surface area (Å²) in [5.41, 5.74) is 0.983. The molecule has 2 N–H and O–H groups in total. The molecule has 1 heterocycles. The Labute approximate surface area is 183 Å². The predicted octanol–water partition coefficient (Wildman–Crippen LogP) is 4.13. The van der Waals surface area contributed by atoms with E-state index in [-0.39, 0.29) is 29.9 Å². The molecule has 0 spiro atoms. The van der Waals surface area contributed by atoms with E-state index < -0.39 is 0 Å². The lowest BCUT2D eigenvalue weighted by atomic mass is 10.1. The summed E-state index contributed by atoms with van der Waals surface area (Å²) >= 11 is 12.1. The number of nitrogens with one attached hydrogen (secondary N) is 2. The van der Waals surface area contributed by atoms with Gasteiger partial charge in [-0.2, -0.15) is 0 Å². The molecule has 1 rings (SSSR count). The zero-order chi connectivity index (χ0) is 18.7. The summed E-state index contributed by atoms with van der Waals surface area (Å²) in [7, 11) is 3.61. The molecule has 0 radical (unpaired) electrons. The van der Waals surface area contributed by atoms with Crippen LogP contribution in [0.5, 0.6) is 0 Å². The molecule has 0 bridgehead atoms. The summed E-state index contributed by atoms with van der Waals surface area (Å²) in [5.74, 6) is 0.631. The van der Waals surface area contributed by atoms with Crippen molar-refractivity contribution >= 4 is 59.1 Å². The Hall–Kier alpha value is -0.670. The van der Waals surface area contributed by atoms with Crippen LogP contribution in [0.15, 0.2) is 11.1 Å². The Bertz CT molecular complexity index is 579. The van der Waals surface area contributed by atoms with Gasteiger partial charge >= 0.3 is 5.97 Å². The topological polar surface area (TPSA) is 67.7 Å². The summed E-state index contributed by atoms with van der Waals surface area (Å²) in [6.45, 7) is 3.69. The van der Waals surface area contributed by atoms with E-state index in [0.717, 1.165) is 43.9 Å². The first-order chi connectivity index (χ1) is 12.0. The fraction of sp³-hybridized carbons (Fsp3) is 0.647. The lowest BCUT2D eigenvalue weighted by Crippen LogP contribution is -2.37. The Balaban J connectivity index is 0.00000625. The Kier molecular flexibility index (Phi) is 14.0. The number of carbonyl (C=O) groups is 1. The molecule has 26 heavy (non-hydrogen) atoms. The molecule has 0 saturated carbocycles. The highest BCUT2D eigenvalue weighted by molar-refractivity contribution is 14.0. The summed E-state index contributed by atoms with van der Waals surface area (Å²) in [4.78, 5) is 15.4. The van der Waals surface area contributed by atoms with E-state index in [1.165, 1.54) is 0 Å². The van der Waals surface area contributed by atoms with Crippen molar-refractivity contribution in [3.63, 3.8) is 0 Å². The van der Waals surface area contributed by atoms with Gasteiger partial charge in [0.25, 0.3) is 0 Å². The van der Waals surface area contributed by atoms with E-state index in [4.69, 9.17) is 27.9 Å². The maximum atomic E-state index is 11.2. The fourth-order valence-corrected chi connectivity index (χ4v) is 2.76. The molecule has 9 heteroatoms. The zero-order valence-electron chi connectivity index (χ0n) is 15.6. The predicted molar refractivity (Wildman–Crippen MR) is 119 cm³/mol. The SMILES string of the molecule is CCOC(=O)CCCCCCNC(=NC)NCc1cc(Cl)c(Cl)n1C.I. The quantitative estimate of drug-likeness (QED) is 0.161. The first-order valence-corrected chi connectivity index (χ1v) is 9.34. The summed E-state index contributed by atoms with van der Waals surface area (Å²) < 4.78 is 6.74. The normalized spacial score (nSPS) is 11.0. The van der Waals surface area contributed by atoms with E-state index in [1.807, 2.05) is 24.6 Å². The standard InChI is InChI=1S/C17H28Cl2N4O2.HI/c1-4-25-15(24)9-7-5-6-8-10-21-17(20-2)22-12-13-11-14(18)16(19)23(13)3;/h11H,4-10,12H2,1-3H3,(H2,20,21,22);1H.